The van der Waals surface area contributed by atoms with E-state index in [9.17, 15) is 4.79 Å². The molecule has 3 N–H and O–H groups in total. The fourth-order valence-electron chi connectivity index (χ4n) is 1.45. The molecule has 2 rings (SSSR count). The van der Waals surface area contributed by atoms with Crippen molar-refractivity contribution < 1.29 is 14.3 Å². The van der Waals surface area contributed by atoms with Crippen LogP contribution in [-0.4, -0.2) is 31.8 Å². The maximum Gasteiger partial charge on any atom is 0.226 e. The zero-order valence-corrected chi connectivity index (χ0v) is 9.52. The van der Waals surface area contributed by atoms with E-state index in [2.05, 4.69) is 5.32 Å². The van der Waals surface area contributed by atoms with Gasteiger partial charge in [-0.3, -0.25) is 4.79 Å². The van der Waals surface area contributed by atoms with Crippen molar-refractivity contribution in [3.63, 3.8) is 0 Å². The van der Waals surface area contributed by atoms with Crippen LogP contribution in [0.15, 0.2) is 24.3 Å². The maximum atomic E-state index is 11.6. The first kappa shape index (κ1) is 11.9. The first-order chi connectivity index (χ1) is 8.25. The van der Waals surface area contributed by atoms with Gasteiger partial charge in [-0.2, -0.15) is 0 Å². The zero-order chi connectivity index (χ0) is 12.1. The molecule has 1 saturated heterocycles. The summed E-state index contributed by atoms with van der Waals surface area (Å²) in [5.74, 6) is -0.0943. The Morgan fingerprint density at radius 3 is 2.88 bits per heavy atom. The van der Waals surface area contributed by atoms with E-state index in [0.717, 1.165) is 0 Å². The number of benzene rings is 1. The summed E-state index contributed by atoms with van der Waals surface area (Å²) in [5.41, 5.74) is 6.92. The second kappa shape index (κ2) is 5.65. The van der Waals surface area contributed by atoms with E-state index in [1.807, 2.05) is 12.1 Å². The van der Waals surface area contributed by atoms with Crippen LogP contribution in [0.25, 0.3) is 0 Å². The quantitative estimate of drug-likeness (QED) is 0.748. The number of nitrogens with one attached hydrogen (secondary N) is 1. The van der Waals surface area contributed by atoms with Crippen molar-refractivity contribution >= 4 is 17.3 Å². The van der Waals surface area contributed by atoms with Crippen LogP contribution in [0.2, 0.25) is 0 Å². The SMILES string of the molecule is Nc1ccccc1NC(=O)CCOC1COC1. The molecule has 0 saturated carbocycles. The molecule has 1 fully saturated rings. The molecule has 1 aromatic carbocycles. The van der Waals surface area contributed by atoms with E-state index >= 15 is 0 Å². The topological polar surface area (TPSA) is 73.6 Å². The molecule has 5 heteroatoms. The van der Waals surface area contributed by atoms with Gasteiger partial charge in [0.2, 0.25) is 5.91 Å². The van der Waals surface area contributed by atoms with Gasteiger partial charge in [0.1, 0.15) is 6.10 Å². The predicted molar refractivity (Wildman–Crippen MR) is 64.7 cm³/mol. The number of nitrogen functional groups attached to an aromatic ring is 1. The second-order valence-corrected chi connectivity index (χ2v) is 3.92. The summed E-state index contributed by atoms with van der Waals surface area (Å²) in [4.78, 5) is 11.6. The number of ether oxygens (including phenoxy) is 2. The lowest BCUT2D eigenvalue weighted by molar-refractivity contribution is -0.135. The normalized spacial score (nSPS) is 15.3. The molecule has 92 valence electrons. The Hall–Kier alpha value is -1.59. The summed E-state index contributed by atoms with van der Waals surface area (Å²) in [6.45, 7) is 1.67. The summed E-state index contributed by atoms with van der Waals surface area (Å²) < 4.78 is 10.4. The second-order valence-electron chi connectivity index (χ2n) is 3.92. The molecule has 1 amide bonds. The Balaban J connectivity index is 1.71. The van der Waals surface area contributed by atoms with Gasteiger partial charge in [0.25, 0.3) is 0 Å². The number of amides is 1. The van der Waals surface area contributed by atoms with Gasteiger partial charge in [0, 0.05) is 0 Å². The number of nitrogens with two attached hydrogens (primary N) is 1. The van der Waals surface area contributed by atoms with Crippen LogP contribution in [0.3, 0.4) is 0 Å². The van der Waals surface area contributed by atoms with Gasteiger partial charge in [0.15, 0.2) is 0 Å². The molecule has 5 nitrogen and oxygen atoms in total. The minimum absolute atomic E-state index is 0.0943. The lowest BCUT2D eigenvalue weighted by Crippen LogP contribution is -2.36. The van der Waals surface area contributed by atoms with Gasteiger partial charge in [-0.1, -0.05) is 12.1 Å². The predicted octanol–water partition coefficient (Wildman–Crippen LogP) is 1.01. The number of para-hydroxylation sites is 2. The van der Waals surface area contributed by atoms with Crippen molar-refractivity contribution in [3.8, 4) is 0 Å². The molecule has 1 aliphatic heterocycles. The van der Waals surface area contributed by atoms with Crippen LogP contribution >= 0.6 is 0 Å². The van der Waals surface area contributed by atoms with Gasteiger partial charge in [-0.05, 0) is 12.1 Å². The largest absolute Gasteiger partial charge is 0.397 e. The van der Waals surface area contributed by atoms with Crippen LogP contribution in [-0.2, 0) is 14.3 Å². The highest BCUT2D eigenvalue weighted by molar-refractivity contribution is 5.93. The van der Waals surface area contributed by atoms with Crippen molar-refractivity contribution in [1.82, 2.24) is 0 Å². The Labute approximate surface area is 99.9 Å². The number of hydrogen-bond acceptors (Lipinski definition) is 4. The van der Waals surface area contributed by atoms with Crippen molar-refractivity contribution in [3.05, 3.63) is 24.3 Å². The summed E-state index contributed by atoms with van der Waals surface area (Å²) in [5, 5.41) is 2.74. The number of anilines is 2. The van der Waals surface area contributed by atoms with E-state index in [-0.39, 0.29) is 12.0 Å². The van der Waals surface area contributed by atoms with Crippen LogP contribution in [0.5, 0.6) is 0 Å². The molecule has 0 aromatic heterocycles. The third-order valence-electron chi connectivity index (χ3n) is 2.53. The first-order valence-corrected chi connectivity index (χ1v) is 5.59. The molecule has 17 heavy (non-hydrogen) atoms. The average Bonchev–Trinajstić information content (AvgIpc) is 2.25. The molecule has 1 heterocycles. The molecule has 0 bridgehead atoms. The molecule has 0 atom stereocenters. The minimum atomic E-state index is -0.0943. The third-order valence-corrected chi connectivity index (χ3v) is 2.53. The van der Waals surface area contributed by atoms with Crippen molar-refractivity contribution in [2.75, 3.05) is 30.9 Å². The van der Waals surface area contributed by atoms with Crippen LogP contribution < -0.4 is 11.1 Å². The van der Waals surface area contributed by atoms with Gasteiger partial charge in [-0.15, -0.1) is 0 Å². The monoisotopic (exact) mass is 236 g/mol. The Bertz CT molecular complexity index is 391. The van der Waals surface area contributed by atoms with Crippen molar-refractivity contribution in [2.45, 2.75) is 12.5 Å². The average molecular weight is 236 g/mol. The van der Waals surface area contributed by atoms with Crippen LogP contribution in [0.1, 0.15) is 6.42 Å². The van der Waals surface area contributed by atoms with Gasteiger partial charge in [-0.25, -0.2) is 0 Å². The molecule has 0 radical (unpaired) electrons. The summed E-state index contributed by atoms with van der Waals surface area (Å²) >= 11 is 0. The Kier molecular flexibility index (Phi) is 3.95. The maximum absolute atomic E-state index is 11.6. The standard InChI is InChI=1S/C12H16N2O3/c13-10-3-1-2-4-11(10)14-12(15)5-6-17-9-7-16-8-9/h1-4,9H,5-8,13H2,(H,14,15). The zero-order valence-electron chi connectivity index (χ0n) is 9.52. The fraction of sp³-hybridized carbons (Fsp3) is 0.417. The summed E-state index contributed by atoms with van der Waals surface area (Å²) in [6, 6.07) is 7.17. The van der Waals surface area contributed by atoms with E-state index < -0.39 is 0 Å². The molecule has 0 spiro atoms. The van der Waals surface area contributed by atoms with E-state index in [4.69, 9.17) is 15.2 Å². The molecule has 0 aliphatic carbocycles. The van der Waals surface area contributed by atoms with Gasteiger partial charge in [0.05, 0.1) is 37.6 Å². The van der Waals surface area contributed by atoms with E-state index in [1.54, 1.807) is 12.1 Å². The first-order valence-electron chi connectivity index (χ1n) is 5.59. The van der Waals surface area contributed by atoms with E-state index in [0.29, 0.717) is 37.6 Å². The molecule has 0 unspecified atom stereocenters. The van der Waals surface area contributed by atoms with E-state index in [1.165, 1.54) is 0 Å². The molecule has 1 aliphatic rings. The minimum Gasteiger partial charge on any atom is -0.397 e. The third kappa shape index (κ3) is 3.44. The lowest BCUT2D eigenvalue weighted by atomic mass is 10.2. The smallest absolute Gasteiger partial charge is 0.226 e. The highest BCUT2D eigenvalue weighted by Gasteiger charge is 2.18. The highest BCUT2D eigenvalue weighted by atomic mass is 16.6. The summed E-state index contributed by atoms with van der Waals surface area (Å²) in [6.07, 6.45) is 0.481. The summed E-state index contributed by atoms with van der Waals surface area (Å²) in [7, 11) is 0. The molecule has 1 aromatic rings. The number of carbonyl (C=O) groups excluding carboxylic acids is 1. The Morgan fingerprint density at radius 1 is 1.47 bits per heavy atom. The molecular formula is C12H16N2O3. The van der Waals surface area contributed by atoms with Crippen molar-refractivity contribution in [2.24, 2.45) is 0 Å². The number of hydrogen-bond donors (Lipinski definition) is 2. The van der Waals surface area contributed by atoms with Crippen LogP contribution in [0, 0.1) is 0 Å². The molecular weight excluding hydrogens is 220 g/mol. The fourth-order valence-corrected chi connectivity index (χ4v) is 1.45. The van der Waals surface area contributed by atoms with Gasteiger partial charge >= 0.3 is 0 Å². The number of rotatable bonds is 5. The van der Waals surface area contributed by atoms with Gasteiger partial charge < -0.3 is 20.5 Å². The lowest BCUT2D eigenvalue weighted by Gasteiger charge is -2.25. The van der Waals surface area contributed by atoms with Crippen molar-refractivity contribution in [1.29, 1.82) is 0 Å². The Morgan fingerprint density at radius 2 is 2.24 bits per heavy atom. The highest BCUT2D eigenvalue weighted by Crippen LogP contribution is 2.16. The van der Waals surface area contributed by atoms with Crippen LogP contribution in [0.4, 0.5) is 11.4 Å². The number of carbonyl (C=O) groups is 1.